The van der Waals surface area contributed by atoms with Crippen molar-refractivity contribution in [2.45, 2.75) is 32.9 Å². The van der Waals surface area contributed by atoms with Crippen LogP contribution in [0.2, 0.25) is 0 Å². The summed E-state index contributed by atoms with van der Waals surface area (Å²) in [6.45, 7) is 7.28. The summed E-state index contributed by atoms with van der Waals surface area (Å²) in [5.41, 5.74) is 8.32. The normalized spacial score (nSPS) is 10.8. The highest BCUT2D eigenvalue weighted by molar-refractivity contribution is 7.99. The zero-order valence-electron chi connectivity index (χ0n) is 18.2. The molecule has 0 aliphatic rings. The van der Waals surface area contributed by atoms with Crippen molar-refractivity contribution in [1.82, 2.24) is 9.55 Å². The number of anilines is 1. The van der Waals surface area contributed by atoms with Crippen LogP contribution in [0.3, 0.4) is 0 Å². The summed E-state index contributed by atoms with van der Waals surface area (Å²) in [5, 5.41) is 3.15. The Bertz CT molecular complexity index is 1180. The van der Waals surface area contributed by atoms with Gasteiger partial charge in [0.1, 0.15) is 16.9 Å². The van der Waals surface area contributed by atoms with Gasteiger partial charge in [0, 0.05) is 12.4 Å². The van der Waals surface area contributed by atoms with Crippen molar-refractivity contribution in [3.05, 3.63) is 58.6 Å². The van der Waals surface area contributed by atoms with E-state index in [0.29, 0.717) is 5.16 Å². The van der Waals surface area contributed by atoms with Crippen LogP contribution >= 0.6 is 11.8 Å². The lowest BCUT2D eigenvalue weighted by Crippen LogP contribution is -2.21. The Kier molecular flexibility index (Phi) is 7.04. The molecule has 0 aliphatic carbocycles. The minimum absolute atomic E-state index is 0.00535. The first kappa shape index (κ1) is 23.1. The number of thioether (sulfide) groups is 1. The number of hydrogen-bond acceptors (Lipinski definition) is 7. The third-order valence-corrected chi connectivity index (χ3v) is 5.58. The van der Waals surface area contributed by atoms with E-state index in [9.17, 15) is 14.4 Å². The molecule has 2 heterocycles. The fourth-order valence-electron chi connectivity index (χ4n) is 3.27. The number of aromatic nitrogens is 2. The van der Waals surface area contributed by atoms with Crippen LogP contribution in [0.25, 0.3) is 5.69 Å². The van der Waals surface area contributed by atoms with E-state index in [4.69, 9.17) is 14.9 Å². The number of hydrogen-bond donors (Lipinski definition) is 2. The molecule has 2 aromatic heterocycles. The van der Waals surface area contributed by atoms with Crippen molar-refractivity contribution in [3.63, 3.8) is 0 Å². The molecular formula is C22H24N4O5S. The number of furan rings is 1. The summed E-state index contributed by atoms with van der Waals surface area (Å²) in [4.78, 5) is 41.0. The Morgan fingerprint density at radius 2 is 1.97 bits per heavy atom. The lowest BCUT2D eigenvalue weighted by molar-refractivity contribution is -0.113. The topological polar surface area (TPSA) is 129 Å². The van der Waals surface area contributed by atoms with Gasteiger partial charge in [0.05, 0.1) is 18.0 Å². The highest BCUT2D eigenvalue weighted by Gasteiger charge is 2.29. The largest absolute Gasteiger partial charge is 0.462 e. The first-order chi connectivity index (χ1) is 15.2. The number of carbonyl (C=O) groups excluding carboxylic acids is 3. The van der Waals surface area contributed by atoms with Crippen LogP contribution in [0.4, 0.5) is 5.88 Å². The molecule has 0 atom stereocenters. The van der Waals surface area contributed by atoms with Crippen LogP contribution in [0.5, 0.6) is 0 Å². The molecule has 0 saturated heterocycles. The highest BCUT2D eigenvalue weighted by atomic mass is 32.2. The molecule has 1 aromatic carbocycles. The summed E-state index contributed by atoms with van der Waals surface area (Å²) in [6, 6.07) is 6.08. The van der Waals surface area contributed by atoms with Crippen LogP contribution in [0, 0.1) is 20.8 Å². The maximum absolute atomic E-state index is 12.6. The summed E-state index contributed by atoms with van der Waals surface area (Å²) in [5.74, 6) is -2.15. The first-order valence-electron chi connectivity index (χ1n) is 9.86. The zero-order chi connectivity index (χ0) is 23.4. The molecule has 0 radical (unpaired) electrons. The van der Waals surface area contributed by atoms with Gasteiger partial charge in [0.15, 0.2) is 5.16 Å². The molecule has 32 heavy (non-hydrogen) atoms. The van der Waals surface area contributed by atoms with E-state index in [-0.39, 0.29) is 35.1 Å². The molecule has 0 fully saturated rings. The third-order valence-electron chi connectivity index (χ3n) is 4.61. The number of carbonyl (C=O) groups is 3. The molecule has 0 aliphatic heterocycles. The number of primary amides is 1. The monoisotopic (exact) mass is 456 g/mol. The molecule has 0 bridgehead atoms. The van der Waals surface area contributed by atoms with E-state index >= 15 is 0 Å². The molecule has 0 spiro atoms. The van der Waals surface area contributed by atoms with Crippen molar-refractivity contribution in [3.8, 4) is 5.69 Å². The third kappa shape index (κ3) is 4.86. The Morgan fingerprint density at radius 1 is 1.22 bits per heavy atom. The van der Waals surface area contributed by atoms with E-state index in [1.807, 2.05) is 36.7 Å². The molecule has 3 rings (SSSR count). The van der Waals surface area contributed by atoms with Gasteiger partial charge in [-0.3, -0.25) is 19.5 Å². The Balaban J connectivity index is 1.76. The lowest BCUT2D eigenvalue weighted by Gasteiger charge is -2.11. The second kappa shape index (κ2) is 9.73. The summed E-state index contributed by atoms with van der Waals surface area (Å²) in [7, 11) is 0. The van der Waals surface area contributed by atoms with Gasteiger partial charge in [-0.15, -0.1) is 0 Å². The number of ether oxygens (including phenoxy) is 1. The van der Waals surface area contributed by atoms with Crippen LogP contribution < -0.4 is 11.1 Å². The van der Waals surface area contributed by atoms with Crippen LogP contribution in [-0.2, 0) is 9.53 Å². The zero-order valence-corrected chi connectivity index (χ0v) is 19.0. The van der Waals surface area contributed by atoms with E-state index in [1.54, 1.807) is 13.1 Å². The molecular weight excluding hydrogens is 432 g/mol. The molecule has 3 aromatic rings. The molecule has 3 N–H and O–H groups in total. The molecule has 10 heteroatoms. The van der Waals surface area contributed by atoms with Gasteiger partial charge in [-0.1, -0.05) is 29.5 Å². The number of esters is 1. The number of nitrogens with one attached hydrogen (secondary N) is 1. The van der Waals surface area contributed by atoms with Crippen molar-refractivity contribution in [2.24, 2.45) is 5.73 Å². The average molecular weight is 457 g/mol. The Morgan fingerprint density at radius 3 is 2.62 bits per heavy atom. The number of imidazole rings is 1. The van der Waals surface area contributed by atoms with Crippen molar-refractivity contribution >= 4 is 35.4 Å². The second-order valence-electron chi connectivity index (χ2n) is 7.03. The van der Waals surface area contributed by atoms with Gasteiger partial charge < -0.3 is 14.9 Å². The van der Waals surface area contributed by atoms with Gasteiger partial charge in [-0.2, -0.15) is 0 Å². The Labute approximate surface area is 189 Å². The van der Waals surface area contributed by atoms with Crippen LogP contribution in [0.1, 0.15) is 44.5 Å². The minimum atomic E-state index is -0.904. The van der Waals surface area contributed by atoms with Crippen LogP contribution in [0.15, 0.2) is 40.2 Å². The standard InChI is InChI=1S/C22H24N4O5S/c1-5-30-21(29)17-14(4)31-20(18(17)19(23)28)25-16(27)11-32-22-24-8-9-26(22)15-7-6-12(2)10-13(15)3/h6-10H,5,11H2,1-4H3,(H2,23,28)(H,25,27). The number of aryl methyl sites for hydroxylation is 3. The Hall–Kier alpha value is -3.53. The number of amides is 2. The predicted octanol–water partition coefficient (Wildman–Crippen LogP) is 3.40. The molecule has 0 saturated carbocycles. The first-order valence-corrected chi connectivity index (χ1v) is 10.8. The maximum atomic E-state index is 12.6. The smallest absolute Gasteiger partial charge is 0.342 e. The number of rotatable bonds is 8. The molecule has 168 valence electrons. The van der Waals surface area contributed by atoms with Crippen molar-refractivity contribution in [1.29, 1.82) is 0 Å². The number of benzene rings is 1. The average Bonchev–Trinajstić information content (AvgIpc) is 3.30. The summed E-state index contributed by atoms with van der Waals surface area (Å²) < 4.78 is 12.3. The van der Waals surface area contributed by atoms with E-state index in [2.05, 4.69) is 16.4 Å². The number of nitrogens with zero attached hydrogens (tertiary/aromatic N) is 2. The highest BCUT2D eigenvalue weighted by Crippen LogP contribution is 2.28. The molecule has 9 nitrogen and oxygen atoms in total. The number of nitrogens with two attached hydrogens (primary N) is 1. The van der Waals surface area contributed by atoms with E-state index in [1.165, 1.54) is 18.7 Å². The van der Waals surface area contributed by atoms with Crippen molar-refractivity contribution < 1.29 is 23.5 Å². The predicted molar refractivity (Wildman–Crippen MR) is 120 cm³/mol. The second-order valence-corrected chi connectivity index (χ2v) is 7.97. The minimum Gasteiger partial charge on any atom is -0.462 e. The summed E-state index contributed by atoms with van der Waals surface area (Å²) in [6.07, 6.45) is 3.48. The molecule has 0 unspecified atom stereocenters. The van der Waals surface area contributed by atoms with Crippen LogP contribution in [-0.4, -0.2) is 39.7 Å². The van der Waals surface area contributed by atoms with E-state index < -0.39 is 17.8 Å². The summed E-state index contributed by atoms with van der Waals surface area (Å²) >= 11 is 1.22. The van der Waals surface area contributed by atoms with E-state index in [0.717, 1.165) is 16.8 Å². The van der Waals surface area contributed by atoms with Gasteiger partial charge in [-0.05, 0) is 39.3 Å². The van der Waals surface area contributed by atoms with Crippen molar-refractivity contribution in [2.75, 3.05) is 17.7 Å². The van der Waals surface area contributed by atoms with Gasteiger partial charge in [0.2, 0.25) is 11.8 Å². The van der Waals surface area contributed by atoms with Gasteiger partial charge >= 0.3 is 5.97 Å². The fraction of sp³-hybridized carbons (Fsp3) is 0.273. The maximum Gasteiger partial charge on any atom is 0.342 e. The SMILES string of the molecule is CCOC(=O)c1c(C)oc(NC(=O)CSc2nccn2-c2ccc(C)cc2C)c1C(N)=O. The molecule has 2 amide bonds. The fourth-order valence-corrected chi connectivity index (χ4v) is 4.03. The quantitative estimate of drug-likeness (QED) is 0.392. The van der Waals surface area contributed by atoms with Gasteiger partial charge in [-0.25, -0.2) is 9.78 Å². The lowest BCUT2D eigenvalue weighted by atomic mass is 10.1. The van der Waals surface area contributed by atoms with Gasteiger partial charge in [0.25, 0.3) is 5.91 Å².